The van der Waals surface area contributed by atoms with Gasteiger partial charge in [0.05, 0.1) is 19.3 Å². The van der Waals surface area contributed by atoms with Crippen molar-refractivity contribution in [2.45, 2.75) is 58.2 Å². The van der Waals surface area contributed by atoms with Gasteiger partial charge in [-0.25, -0.2) is 0 Å². The van der Waals surface area contributed by atoms with Crippen LogP contribution in [0.15, 0.2) is 48.5 Å². The highest BCUT2D eigenvalue weighted by Crippen LogP contribution is 2.27. The number of aryl methyl sites for hydroxylation is 1. The molecule has 2 nitrogen and oxygen atoms in total. The zero-order chi connectivity index (χ0) is 17.5. The van der Waals surface area contributed by atoms with E-state index in [9.17, 15) is 0 Å². The van der Waals surface area contributed by atoms with E-state index in [0.29, 0.717) is 13.2 Å². The Labute approximate surface area is 152 Å². The van der Waals surface area contributed by atoms with E-state index in [1.165, 1.54) is 47.9 Å². The highest BCUT2D eigenvalue weighted by atomic mass is 16.6. The van der Waals surface area contributed by atoms with E-state index in [-0.39, 0.29) is 12.2 Å². The molecule has 2 aromatic rings. The molecule has 0 saturated carbocycles. The third-order valence-corrected chi connectivity index (χ3v) is 5.06. The first-order valence-electron chi connectivity index (χ1n) is 9.72. The normalized spacial score (nSPS) is 20.6. The van der Waals surface area contributed by atoms with Crippen molar-refractivity contribution in [2.75, 3.05) is 13.2 Å². The van der Waals surface area contributed by atoms with Gasteiger partial charge >= 0.3 is 0 Å². The van der Waals surface area contributed by atoms with Gasteiger partial charge in [0.25, 0.3) is 0 Å². The second-order valence-electron chi connectivity index (χ2n) is 6.96. The molecule has 1 heterocycles. The fraction of sp³-hybridized carbons (Fsp3) is 0.478. The van der Waals surface area contributed by atoms with Crippen LogP contribution in [0.1, 0.15) is 56.8 Å². The number of ether oxygens (including phenoxy) is 2. The Hall–Kier alpha value is -1.64. The van der Waals surface area contributed by atoms with Gasteiger partial charge in [0.2, 0.25) is 0 Å². The van der Waals surface area contributed by atoms with E-state index < -0.39 is 0 Å². The minimum Gasteiger partial charge on any atom is -0.373 e. The van der Waals surface area contributed by atoms with Crippen molar-refractivity contribution in [3.63, 3.8) is 0 Å². The predicted octanol–water partition coefficient (Wildman–Crippen LogP) is 5.95. The van der Waals surface area contributed by atoms with Crippen LogP contribution in [0.4, 0.5) is 0 Å². The van der Waals surface area contributed by atoms with Crippen molar-refractivity contribution in [1.82, 2.24) is 0 Å². The number of unbranched alkanes of at least 4 members (excludes halogenated alkanes) is 2. The molecule has 1 aliphatic rings. The molecule has 134 valence electrons. The molecule has 0 aromatic heterocycles. The molecule has 0 bridgehead atoms. The Morgan fingerprint density at radius 1 is 0.800 bits per heavy atom. The molecule has 0 unspecified atom stereocenters. The largest absolute Gasteiger partial charge is 0.373 e. The van der Waals surface area contributed by atoms with Crippen LogP contribution in [0.25, 0.3) is 11.1 Å². The minimum atomic E-state index is 0.0674. The molecule has 0 aliphatic carbocycles. The van der Waals surface area contributed by atoms with Crippen LogP contribution in [0.5, 0.6) is 0 Å². The lowest BCUT2D eigenvalue weighted by molar-refractivity contribution is -0.135. The van der Waals surface area contributed by atoms with Crippen LogP contribution in [-0.2, 0) is 15.9 Å². The van der Waals surface area contributed by atoms with Gasteiger partial charge in [0.15, 0.2) is 0 Å². The summed E-state index contributed by atoms with van der Waals surface area (Å²) in [6.45, 7) is 5.74. The van der Waals surface area contributed by atoms with E-state index in [2.05, 4.69) is 62.4 Å². The maximum Gasteiger partial charge on any atom is 0.106 e. The summed E-state index contributed by atoms with van der Waals surface area (Å²) in [6.07, 6.45) is 6.40. The summed E-state index contributed by atoms with van der Waals surface area (Å²) in [7, 11) is 0. The lowest BCUT2D eigenvalue weighted by atomic mass is 9.99. The molecule has 1 saturated heterocycles. The zero-order valence-electron chi connectivity index (χ0n) is 15.5. The molecule has 2 heteroatoms. The Morgan fingerprint density at radius 3 is 2.04 bits per heavy atom. The van der Waals surface area contributed by atoms with E-state index in [1.54, 1.807) is 0 Å². The molecular formula is C23H30O2. The van der Waals surface area contributed by atoms with E-state index >= 15 is 0 Å². The average molecular weight is 338 g/mol. The third kappa shape index (κ3) is 4.93. The predicted molar refractivity (Wildman–Crippen MR) is 104 cm³/mol. The quantitative estimate of drug-likeness (QED) is 0.581. The van der Waals surface area contributed by atoms with Gasteiger partial charge in [-0.05, 0) is 41.5 Å². The monoisotopic (exact) mass is 338 g/mol. The second kappa shape index (κ2) is 9.17. The lowest BCUT2D eigenvalue weighted by Crippen LogP contribution is -2.30. The van der Waals surface area contributed by atoms with Gasteiger partial charge in [0, 0.05) is 0 Å². The smallest absolute Gasteiger partial charge is 0.106 e. The molecular weight excluding hydrogens is 308 g/mol. The molecule has 2 atom stereocenters. The topological polar surface area (TPSA) is 18.5 Å². The maximum absolute atomic E-state index is 5.95. The van der Waals surface area contributed by atoms with Crippen molar-refractivity contribution in [3.8, 4) is 11.1 Å². The van der Waals surface area contributed by atoms with Crippen LogP contribution in [-0.4, -0.2) is 19.3 Å². The van der Waals surface area contributed by atoms with Crippen LogP contribution in [0, 0.1) is 0 Å². The van der Waals surface area contributed by atoms with Crippen molar-refractivity contribution in [2.24, 2.45) is 0 Å². The molecule has 0 spiro atoms. The summed E-state index contributed by atoms with van der Waals surface area (Å²) >= 11 is 0. The second-order valence-corrected chi connectivity index (χ2v) is 6.96. The number of hydrogen-bond donors (Lipinski definition) is 0. The van der Waals surface area contributed by atoms with Gasteiger partial charge in [-0.15, -0.1) is 0 Å². The Bertz CT molecular complexity index is 622. The van der Waals surface area contributed by atoms with E-state index in [4.69, 9.17) is 9.47 Å². The molecule has 3 rings (SSSR count). The van der Waals surface area contributed by atoms with Crippen LogP contribution < -0.4 is 0 Å². The first-order valence-corrected chi connectivity index (χ1v) is 9.72. The summed E-state index contributed by atoms with van der Waals surface area (Å²) < 4.78 is 11.8. The summed E-state index contributed by atoms with van der Waals surface area (Å²) in [5.74, 6) is 0. The van der Waals surface area contributed by atoms with Crippen molar-refractivity contribution in [1.29, 1.82) is 0 Å². The number of benzene rings is 2. The molecule has 0 radical (unpaired) electrons. The van der Waals surface area contributed by atoms with Gasteiger partial charge in [-0.3, -0.25) is 0 Å². The van der Waals surface area contributed by atoms with E-state index in [1.807, 2.05) is 0 Å². The maximum atomic E-state index is 5.95. The fourth-order valence-electron chi connectivity index (χ4n) is 3.30. The molecule has 1 aliphatic heterocycles. The molecule has 1 fully saturated rings. The van der Waals surface area contributed by atoms with Crippen molar-refractivity contribution < 1.29 is 9.47 Å². The first kappa shape index (κ1) is 18.2. The van der Waals surface area contributed by atoms with Gasteiger partial charge in [-0.1, -0.05) is 75.2 Å². The Morgan fingerprint density at radius 2 is 1.48 bits per heavy atom. The molecule has 2 aromatic carbocycles. The standard InChI is InChI=1S/C23H30O2/c1-3-5-6-7-18-8-10-19(11-9-18)20-12-14-21(15-13-20)23-17-24-22(4-2)16-25-23/h8-15,22-23H,3-7,16-17H2,1-2H3/t22-,23-/m1/s1. The molecule has 25 heavy (non-hydrogen) atoms. The zero-order valence-corrected chi connectivity index (χ0v) is 15.5. The minimum absolute atomic E-state index is 0.0674. The van der Waals surface area contributed by atoms with Crippen LogP contribution >= 0.6 is 0 Å². The number of hydrogen-bond acceptors (Lipinski definition) is 2. The molecule has 0 amide bonds. The fourth-order valence-corrected chi connectivity index (χ4v) is 3.30. The van der Waals surface area contributed by atoms with Crippen molar-refractivity contribution >= 4 is 0 Å². The van der Waals surface area contributed by atoms with Crippen LogP contribution in [0.3, 0.4) is 0 Å². The first-order chi connectivity index (χ1) is 12.3. The van der Waals surface area contributed by atoms with Gasteiger partial charge < -0.3 is 9.47 Å². The molecule has 0 N–H and O–H groups in total. The SMILES string of the molecule is CCCCCc1ccc(-c2ccc([C@H]3CO[C@H](CC)CO3)cc2)cc1. The third-order valence-electron chi connectivity index (χ3n) is 5.06. The lowest BCUT2D eigenvalue weighted by Gasteiger charge is -2.29. The Kier molecular flexibility index (Phi) is 6.66. The van der Waals surface area contributed by atoms with Gasteiger partial charge in [0.1, 0.15) is 6.10 Å². The van der Waals surface area contributed by atoms with Crippen molar-refractivity contribution in [3.05, 3.63) is 59.7 Å². The van der Waals surface area contributed by atoms with Gasteiger partial charge in [-0.2, -0.15) is 0 Å². The summed E-state index contributed by atoms with van der Waals surface area (Å²) in [6, 6.07) is 17.7. The summed E-state index contributed by atoms with van der Waals surface area (Å²) in [5, 5.41) is 0. The van der Waals surface area contributed by atoms with Crippen LogP contribution in [0.2, 0.25) is 0 Å². The number of rotatable bonds is 7. The highest BCUT2D eigenvalue weighted by Gasteiger charge is 2.22. The Balaban J connectivity index is 1.60. The summed E-state index contributed by atoms with van der Waals surface area (Å²) in [5.41, 5.74) is 5.17. The highest BCUT2D eigenvalue weighted by molar-refractivity contribution is 5.64. The summed E-state index contributed by atoms with van der Waals surface area (Å²) in [4.78, 5) is 0. The van der Waals surface area contributed by atoms with E-state index in [0.717, 1.165) is 6.42 Å². The average Bonchev–Trinajstić information content (AvgIpc) is 2.69.